The number of nitriles is 1. The maximum absolute atomic E-state index is 12.5. The van der Waals surface area contributed by atoms with Crippen LogP contribution in [0.15, 0.2) is 54.1 Å². The Labute approximate surface area is 167 Å². The summed E-state index contributed by atoms with van der Waals surface area (Å²) >= 11 is 1.27. The van der Waals surface area contributed by atoms with Crippen molar-refractivity contribution >= 4 is 34.1 Å². The van der Waals surface area contributed by atoms with Crippen LogP contribution in [0.1, 0.15) is 11.1 Å². The Morgan fingerprint density at radius 3 is 2.50 bits per heavy atom. The highest BCUT2D eigenvalue weighted by molar-refractivity contribution is 7.18. The van der Waals surface area contributed by atoms with Crippen molar-refractivity contribution in [3.8, 4) is 16.6 Å². The van der Waals surface area contributed by atoms with E-state index in [9.17, 15) is 10.1 Å². The van der Waals surface area contributed by atoms with E-state index in [1.54, 1.807) is 6.08 Å². The van der Waals surface area contributed by atoms with Gasteiger partial charge in [-0.25, -0.2) is 0 Å². The summed E-state index contributed by atoms with van der Waals surface area (Å²) in [7, 11) is 3.90. The van der Waals surface area contributed by atoms with Crippen LogP contribution in [0.3, 0.4) is 0 Å². The van der Waals surface area contributed by atoms with Crippen molar-refractivity contribution in [1.82, 2.24) is 10.2 Å². The standard InChI is InChI=1S/C21H19N5OS/c1-14-6-4-5-7-18(14)20-24-25-21(28-20)23-19(27)16(13-22)12-15-8-10-17(11-9-15)26(2)3/h4-12H,1-3H3,(H,23,25,27)/b16-12-. The number of anilines is 2. The summed E-state index contributed by atoms with van der Waals surface area (Å²) in [5.74, 6) is -0.508. The first-order valence-corrected chi connectivity index (χ1v) is 9.39. The molecule has 0 bridgehead atoms. The van der Waals surface area contributed by atoms with Gasteiger partial charge in [-0.15, -0.1) is 10.2 Å². The van der Waals surface area contributed by atoms with E-state index < -0.39 is 5.91 Å². The zero-order valence-electron chi connectivity index (χ0n) is 15.8. The van der Waals surface area contributed by atoms with Gasteiger partial charge in [0.15, 0.2) is 0 Å². The number of carbonyl (C=O) groups excluding carboxylic acids is 1. The van der Waals surface area contributed by atoms with Gasteiger partial charge in [-0.1, -0.05) is 47.7 Å². The molecule has 1 aromatic heterocycles. The third-order valence-corrected chi connectivity index (χ3v) is 4.98. The van der Waals surface area contributed by atoms with Crippen LogP contribution in [0.25, 0.3) is 16.6 Å². The maximum Gasteiger partial charge on any atom is 0.268 e. The Hall–Kier alpha value is -3.50. The molecule has 0 spiro atoms. The number of rotatable bonds is 5. The third kappa shape index (κ3) is 4.42. The Morgan fingerprint density at radius 2 is 1.86 bits per heavy atom. The van der Waals surface area contributed by atoms with Gasteiger partial charge >= 0.3 is 0 Å². The molecule has 0 fully saturated rings. The summed E-state index contributed by atoms with van der Waals surface area (Å²) in [4.78, 5) is 14.4. The largest absolute Gasteiger partial charge is 0.378 e. The van der Waals surface area contributed by atoms with E-state index in [0.29, 0.717) is 5.13 Å². The zero-order chi connectivity index (χ0) is 20.1. The van der Waals surface area contributed by atoms with Gasteiger partial charge in [0.05, 0.1) is 0 Å². The van der Waals surface area contributed by atoms with Crippen molar-refractivity contribution in [2.75, 3.05) is 24.3 Å². The van der Waals surface area contributed by atoms with E-state index in [-0.39, 0.29) is 5.57 Å². The molecule has 0 aliphatic rings. The molecule has 0 radical (unpaired) electrons. The van der Waals surface area contributed by atoms with E-state index in [2.05, 4.69) is 15.5 Å². The summed E-state index contributed by atoms with van der Waals surface area (Å²) in [5.41, 5.74) is 3.87. The van der Waals surface area contributed by atoms with Crippen LogP contribution in [-0.4, -0.2) is 30.2 Å². The first kappa shape index (κ1) is 19.3. The smallest absolute Gasteiger partial charge is 0.268 e. The molecule has 7 heteroatoms. The van der Waals surface area contributed by atoms with Crippen molar-refractivity contribution in [2.45, 2.75) is 6.92 Å². The molecule has 1 amide bonds. The van der Waals surface area contributed by atoms with Gasteiger partial charge in [0.1, 0.15) is 16.6 Å². The average Bonchev–Trinajstić information content (AvgIpc) is 3.14. The van der Waals surface area contributed by atoms with Gasteiger partial charge in [-0.2, -0.15) is 5.26 Å². The molecular formula is C21H19N5OS. The molecule has 0 saturated heterocycles. The Bertz CT molecular complexity index is 1060. The Balaban J connectivity index is 1.76. The number of nitrogens with one attached hydrogen (secondary N) is 1. The number of amides is 1. The van der Waals surface area contributed by atoms with E-state index in [0.717, 1.165) is 27.4 Å². The minimum absolute atomic E-state index is 0.00486. The SMILES string of the molecule is Cc1ccccc1-c1nnc(NC(=O)/C(C#N)=C\c2ccc(N(C)C)cc2)s1. The average molecular weight is 389 g/mol. The number of aryl methyl sites for hydroxylation is 1. The fourth-order valence-corrected chi connectivity index (χ4v) is 3.37. The summed E-state index contributed by atoms with van der Waals surface area (Å²) in [6.07, 6.45) is 1.55. The van der Waals surface area contributed by atoms with Crippen LogP contribution in [0.4, 0.5) is 10.8 Å². The summed E-state index contributed by atoms with van der Waals surface area (Å²) in [6.45, 7) is 1.99. The third-order valence-electron chi connectivity index (χ3n) is 4.11. The lowest BCUT2D eigenvalue weighted by Gasteiger charge is -2.11. The van der Waals surface area contributed by atoms with E-state index in [4.69, 9.17) is 0 Å². The first-order valence-electron chi connectivity index (χ1n) is 8.58. The molecule has 6 nitrogen and oxygen atoms in total. The van der Waals surface area contributed by atoms with Crippen molar-refractivity contribution < 1.29 is 4.79 Å². The van der Waals surface area contributed by atoms with Gasteiger partial charge in [-0.05, 0) is 36.3 Å². The Kier molecular flexibility index (Phi) is 5.82. The maximum atomic E-state index is 12.5. The number of carbonyl (C=O) groups is 1. The molecule has 2 aromatic carbocycles. The van der Waals surface area contributed by atoms with Crippen LogP contribution in [0, 0.1) is 18.3 Å². The van der Waals surface area contributed by atoms with Crippen molar-refractivity contribution in [3.05, 3.63) is 65.2 Å². The molecule has 3 rings (SSSR count). The van der Waals surface area contributed by atoms with Crippen molar-refractivity contribution in [2.24, 2.45) is 0 Å². The number of aromatic nitrogens is 2. The minimum atomic E-state index is -0.508. The molecule has 0 aliphatic heterocycles. The summed E-state index contributed by atoms with van der Waals surface area (Å²) in [5, 5.41) is 21.3. The van der Waals surface area contributed by atoms with Crippen LogP contribution >= 0.6 is 11.3 Å². The fourth-order valence-electron chi connectivity index (χ4n) is 2.54. The normalized spacial score (nSPS) is 11.0. The number of nitrogens with zero attached hydrogens (tertiary/aromatic N) is 4. The van der Waals surface area contributed by atoms with Gasteiger partial charge in [0.2, 0.25) is 5.13 Å². The van der Waals surface area contributed by atoms with E-state index in [1.165, 1.54) is 11.3 Å². The molecule has 3 aromatic rings. The first-order chi connectivity index (χ1) is 13.5. The lowest BCUT2D eigenvalue weighted by Crippen LogP contribution is -2.13. The van der Waals surface area contributed by atoms with E-state index in [1.807, 2.05) is 80.5 Å². The van der Waals surface area contributed by atoms with Crippen molar-refractivity contribution in [1.29, 1.82) is 5.26 Å². The van der Waals surface area contributed by atoms with Crippen LogP contribution in [0.2, 0.25) is 0 Å². The summed E-state index contributed by atoms with van der Waals surface area (Å²) < 4.78 is 0. The highest BCUT2D eigenvalue weighted by atomic mass is 32.1. The second-order valence-corrected chi connectivity index (χ2v) is 7.31. The minimum Gasteiger partial charge on any atom is -0.378 e. The fraction of sp³-hybridized carbons (Fsp3) is 0.143. The number of hydrogen-bond donors (Lipinski definition) is 1. The molecular weight excluding hydrogens is 370 g/mol. The molecule has 1 N–H and O–H groups in total. The van der Waals surface area contributed by atoms with Gasteiger partial charge in [0.25, 0.3) is 5.91 Å². The topological polar surface area (TPSA) is 81.9 Å². The molecule has 0 saturated carbocycles. The van der Waals surface area contributed by atoms with Crippen molar-refractivity contribution in [3.63, 3.8) is 0 Å². The van der Waals surface area contributed by atoms with Crippen LogP contribution < -0.4 is 10.2 Å². The quantitative estimate of drug-likeness (QED) is 0.524. The zero-order valence-corrected chi connectivity index (χ0v) is 16.6. The Morgan fingerprint density at radius 1 is 1.14 bits per heavy atom. The molecule has 0 atom stereocenters. The highest BCUT2D eigenvalue weighted by Crippen LogP contribution is 2.28. The predicted molar refractivity (Wildman–Crippen MR) is 113 cm³/mol. The lowest BCUT2D eigenvalue weighted by molar-refractivity contribution is -0.112. The molecule has 28 heavy (non-hydrogen) atoms. The van der Waals surface area contributed by atoms with Gasteiger partial charge < -0.3 is 4.90 Å². The second-order valence-electron chi connectivity index (χ2n) is 6.34. The highest BCUT2D eigenvalue weighted by Gasteiger charge is 2.14. The van der Waals surface area contributed by atoms with E-state index >= 15 is 0 Å². The molecule has 1 heterocycles. The molecule has 140 valence electrons. The second kappa shape index (κ2) is 8.46. The van der Waals surface area contributed by atoms with Gasteiger partial charge in [-0.3, -0.25) is 10.1 Å². The van der Waals surface area contributed by atoms with Crippen LogP contribution in [0.5, 0.6) is 0 Å². The molecule has 0 unspecified atom stereocenters. The number of benzene rings is 2. The van der Waals surface area contributed by atoms with Crippen LogP contribution in [-0.2, 0) is 4.79 Å². The summed E-state index contributed by atoms with van der Waals surface area (Å²) in [6, 6.07) is 17.4. The monoisotopic (exact) mass is 389 g/mol. The number of hydrogen-bond acceptors (Lipinski definition) is 6. The predicted octanol–water partition coefficient (Wildman–Crippen LogP) is 4.13. The lowest BCUT2D eigenvalue weighted by atomic mass is 10.1. The van der Waals surface area contributed by atoms with Gasteiger partial charge in [0, 0.05) is 25.3 Å². The molecule has 0 aliphatic carbocycles.